The molecule has 2 N–H and O–H groups in total. The van der Waals surface area contributed by atoms with Gasteiger partial charge in [-0.1, -0.05) is 12.1 Å². The van der Waals surface area contributed by atoms with Crippen LogP contribution in [0.1, 0.15) is 11.1 Å². The van der Waals surface area contributed by atoms with E-state index >= 15 is 0 Å². The van der Waals surface area contributed by atoms with Crippen LogP contribution >= 0.6 is 12.2 Å². The van der Waals surface area contributed by atoms with E-state index in [1.165, 1.54) is 6.07 Å². The number of alkyl halides is 2. The first-order chi connectivity index (χ1) is 11.4. The summed E-state index contributed by atoms with van der Waals surface area (Å²) < 4.78 is 34.9. The third kappa shape index (κ3) is 4.79. The highest BCUT2D eigenvalue weighted by atomic mass is 32.1. The molecule has 7 heteroatoms. The molecule has 0 bridgehead atoms. The lowest BCUT2D eigenvalue weighted by molar-refractivity contribution is -0.0493. The lowest BCUT2D eigenvalue weighted by Crippen LogP contribution is -2.20. The van der Waals surface area contributed by atoms with Gasteiger partial charge in [0.05, 0.1) is 18.5 Å². The summed E-state index contributed by atoms with van der Waals surface area (Å²) >= 11 is 5.25. The summed E-state index contributed by atoms with van der Waals surface area (Å²) in [6.45, 7) is 0.817. The standard InChI is InChI=1S/C17H18F2N2O2S/c1-10-5-7-14(22-3)13(8-10)21-17(24)20-12-6-4-11(2)9-15(12)23-16(18)19/h4-9,16H,1-3H3,(H2,20,21,24). The van der Waals surface area contributed by atoms with Crippen LogP contribution in [0.2, 0.25) is 0 Å². The van der Waals surface area contributed by atoms with Gasteiger partial charge < -0.3 is 20.1 Å². The van der Waals surface area contributed by atoms with Crippen molar-refractivity contribution in [3.63, 3.8) is 0 Å². The van der Waals surface area contributed by atoms with E-state index in [0.717, 1.165) is 11.1 Å². The minimum atomic E-state index is -2.91. The number of methoxy groups -OCH3 is 1. The Morgan fingerprint density at radius 1 is 0.958 bits per heavy atom. The van der Waals surface area contributed by atoms with E-state index in [0.29, 0.717) is 17.1 Å². The normalized spacial score (nSPS) is 10.4. The third-order valence-corrected chi connectivity index (χ3v) is 3.41. The maximum absolute atomic E-state index is 12.5. The molecule has 0 aromatic heterocycles. The largest absolute Gasteiger partial charge is 0.495 e. The molecule has 4 nitrogen and oxygen atoms in total. The van der Waals surface area contributed by atoms with Gasteiger partial charge in [0, 0.05) is 0 Å². The number of hydrogen-bond donors (Lipinski definition) is 2. The zero-order valence-corrected chi connectivity index (χ0v) is 14.3. The fourth-order valence-corrected chi connectivity index (χ4v) is 2.34. The van der Waals surface area contributed by atoms with Gasteiger partial charge in [-0.2, -0.15) is 8.78 Å². The monoisotopic (exact) mass is 352 g/mol. The van der Waals surface area contributed by atoms with Crippen molar-refractivity contribution in [2.24, 2.45) is 0 Å². The van der Waals surface area contributed by atoms with E-state index in [-0.39, 0.29) is 10.9 Å². The van der Waals surface area contributed by atoms with E-state index in [4.69, 9.17) is 17.0 Å². The Labute approximate surface area is 144 Å². The van der Waals surface area contributed by atoms with Crippen LogP contribution in [0.3, 0.4) is 0 Å². The number of thiocarbonyl (C=S) groups is 1. The number of rotatable bonds is 5. The highest BCUT2D eigenvalue weighted by Gasteiger charge is 2.12. The van der Waals surface area contributed by atoms with Gasteiger partial charge in [-0.05, 0) is 61.5 Å². The van der Waals surface area contributed by atoms with Gasteiger partial charge in [0.2, 0.25) is 0 Å². The number of benzene rings is 2. The van der Waals surface area contributed by atoms with Crippen molar-refractivity contribution in [1.82, 2.24) is 0 Å². The van der Waals surface area contributed by atoms with Crippen molar-refractivity contribution >= 4 is 28.7 Å². The molecule has 0 saturated heterocycles. The number of aryl methyl sites for hydroxylation is 2. The van der Waals surface area contributed by atoms with Gasteiger partial charge in [-0.3, -0.25) is 0 Å². The molecule has 0 spiro atoms. The third-order valence-electron chi connectivity index (χ3n) is 3.20. The van der Waals surface area contributed by atoms with Gasteiger partial charge >= 0.3 is 6.61 Å². The zero-order chi connectivity index (χ0) is 17.7. The first kappa shape index (κ1) is 17.9. The molecule has 0 fully saturated rings. The Bertz CT molecular complexity index is 739. The van der Waals surface area contributed by atoms with Crippen LogP contribution in [0.25, 0.3) is 0 Å². The molecule has 2 aromatic carbocycles. The number of ether oxygens (including phenoxy) is 2. The van der Waals surface area contributed by atoms with Gasteiger partial charge in [0.15, 0.2) is 5.11 Å². The lowest BCUT2D eigenvalue weighted by Gasteiger charge is -2.16. The molecule has 2 aromatic rings. The topological polar surface area (TPSA) is 42.5 Å². The number of nitrogens with one attached hydrogen (secondary N) is 2. The molecule has 0 atom stereocenters. The quantitative estimate of drug-likeness (QED) is 0.762. The summed E-state index contributed by atoms with van der Waals surface area (Å²) in [6.07, 6.45) is 0. The molecule has 24 heavy (non-hydrogen) atoms. The minimum absolute atomic E-state index is 0.0327. The molecule has 0 aliphatic heterocycles. The molecule has 0 aliphatic rings. The van der Waals surface area contributed by atoms with Crippen LogP contribution in [-0.4, -0.2) is 18.8 Å². The average molecular weight is 352 g/mol. The lowest BCUT2D eigenvalue weighted by atomic mass is 10.2. The van der Waals surface area contributed by atoms with Crippen LogP contribution in [0.15, 0.2) is 36.4 Å². The molecular formula is C17H18F2N2O2S. The van der Waals surface area contributed by atoms with Crippen LogP contribution < -0.4 is 20.1 Å². The fraction of sp³-hybridized carbons (Fsp3) is 0.235. The summed E-state index contributed by atoms with van der Waals surface area (Å²) in [5.41, 5.74) is 2.86. The van der Waals surface area contributed by atoms with Gasteiger partial charge in [-0.15, -0.1) is 0 Å². The summed E-state index contributed by atoms with van der Waals surface area (Å²) in [5, 5.41) is 6.10. The first-order valence-electron chi connectivity index (χ1n) is 7.17. The second-order valence-electron chi connectivity index (χ2n) is 5.16. The molecule has 0 radical (unpaired) electrons. The van der Waals surface area contributed by atoms with Crippen molar-refractivity contribution in [2.45, 2.75) is 20.5 Å². The molecule has 0 unspecified atom stereocenters. The molecule has 0 heterocycles. The number of anilines is 2. The molecule has 0 amide bonds. The zero-order valence-electron chi connectivity index (χ0n) is 13.5. The highest BCUT2D eigenvalue weighted by molar-refractivity contribution is 7.80. The van der Waals surface area contributed by atoms with Crippen molar-refractivity contribution < 1.29 is 18.3 Å². The molecule has 2 rings (SSSR count). The minimum Gasteiger partial charge on any atom is -0.495 e. The summed E-state index contributed by atoms with van der Waals surface area (Å²) in [6, 6.07) is 10.5. The Morgan fingerprint density at radius 2 is 1.58 bits per heavy atom. The Morgan fingerprint density at radius 3 is 2.25 bits per heavy atom. The van der Waals surface area contributed by atoms with Crippen LogP contribution in [-0.2, 0) is 0 Å². The number of hydrogen-bond acceptors (Lipinski definition) is 3. The van der Waals surface area contributed by atoms with Crippen molar-refractivity contribution in [1.29, 1.82) is 0 Å². The smallest absolute Gasteiger partial charge is 0.387 e. The SMILES string of the molecule is COc1ccc(C)cc1NC(=S)Nc1ccc(C)cc1OC(F)F. The maximum atomic E-state index is 12.5. The second kappa shape index (κ2) is 7.92. The average Bonchev–Trinajstić information content (AvgIpc) is 2.49. The first-order valence-corrected chi connectivity index (χ1v) is 7.58. The van der Waals surface area contributed by atoms with Crippen LogP contribution in [0, 0.1) is 13.8 Å². The highest BCUT2D eigenvalue weighted by Crippen LogP contribution is 2.29. The van der Waals surface area contributed by atoms with E-state index in [2.05, 4.69) is 15.4 Å². The summed E-state index contributed by atoms with van der Waals surface area (Å²) in [7, 11) is 1.56. The molecule has 128 valence electrons. The summed E-state index contributed by atoms with van der Waals surface area (Å²) in [5.74, 6) is 0.656. The Hall–Kier alpha value is -2.41. The van der Waals surface area contributed by atoms with Gasteiger partial charge in [0.1, 0.15) is 11.5 Å². The molecule has 0 saturated carbocycles. The Kier molecular flexibility index (Phi) is 5.92. The second-order valence-corrected chi connectivity index (χ2v) is 5.57. The number of halogens is 2. The van der Waals surface area contributed by atoms with E-state index in [1.54, 1.807) is 26.2 Å². The van der Waals surface area contributed by atoms with Gasteiger partial charge in [-0.25, -0.2) is 0 Å². The van der Waals surface area contributed by atoms with Crippen molar-refractivity contribution in [3.05, 3.63) is 47.5 Å². The predicted molar refractivity (Wildman–Crippen MR) is 95.4 cm³/mol. The Balaban J connectivity index is 2.17. The predicted octanol–water partition coefficient (Wildman–Crippen LogP) is 4.72. The van der Waals surface area contributed by atoms with Crippen LogP contribution in [0.5, 0.6) is 11.5 Å². The van der Waals surface area contributed by atoms with Crippen molar-refractivity contribution in [2.75, 3.05) is 17.7 Å². The summed E-state index contributed by atoms with van der Waals surface area (Å²) in [4.78, 5) is 0. The van der Waals surface area contributed by atoms with Crippen LogP contribution in [0.4, 0.5) is 20.2 Å². The maximum Gasteiger partial charge on any atom is 0.387 e. The van der Waals surface area contributed by atoms with E-state index in [9.17, 15) is 8.78 Å². The fourth-order valence-electron chi connectivity index (χ4n) is 2.12. The molecule has 0 aliphatic carbocycles. The van der Waals surface area contributed by atoms with Gasteiger partial charge in [0.25, 0.3) is 0 Å². The molecular weight excluding hydrogens is 334 g/mol. The van der Waals surface area contributed by atoms with E-state index in [1.807, 2.05) is 25.1 Å². The van der Waals surface area contributed by atoms with E-state index < -0.39 is 6.61 Å². The van der Waals surface area contributed by atoms with Crippen molar-refractivity contribution in [3.8, 4) is 11.5 Å².